The molecule has 1 aromatic carbocycles. The second kappa shape index (κ2) is 5.00. The van der Waals surface area contributed by atoms with E-state index in [-0.39, 0.29) is 23.2 Å². The molecule has 3 N–H and O–H groups in total. The quantitative estimate of drug-likeness (QED) is 0.827. The van der Waals surface area contributed by atoms with Crippen molar-refractivity contribution in [3.05, 3.63) is 53.2 Å². The van der Waals surface area contributed by atoms with Gasteiger partial charge in [0.1, 0.15) is 11.6 Å². The van der Waals surface area contributed by atoms with Gasteiger partial charge in [-0.2, -0.15) is 0 Å². The Bertz CT molecular complexity index is 651. The Labute approximate surface area is 115 Å². The number of amides is 1. The van der Waals surface area contributed by atoms with E-state index in [1.807, 2.05) is 6.07 Å². The number of carbonyl (C=O) groups is 1. The molecule has 1 aliphatic carbocycles. The number of aryl methyl sites for hydroxylation is 1. The Hall–Kier alpha value is -2.30. The number of hydrogen-bond acceptors (Lipinski definition) is 3. The molecule has 104 valence electrons. The largest absolute Gasteiger partial charge is 0.469 e. The van der Waals surface area contributed by atoms with Crippen LogP contribution in [0, 0.1) is 5.82 Å². The molecule has 4 nitrogen and oxygen atoms in total. The lowest BCUT2D eigenvalue weighted by Crippen LogP contribution is -2.31. The number of nitrogen functional groups attached to an aromatic ring is 1. The van der Waals surface area contributed by atoms with Crippen LogP contribution in [0.1, 0.15) is 40.6 Å². The summed E-state index contributed by atoms with van der Waals surface area (Å²) in [6.45, 7) is 0. The van der Waals surface area contributed by atoms with Crippen LogP contribution in [0.3, 0.4) is 0 Å². The zero-order valence-electron chi connectivity index (χ0n) is 10.9. The molecule has 3 rings (SSSR count). The van der Waals surface area contributed by atoms with Crippen LogP contribution in [0.15, 0.2) is 34.9 Å². The van der Waals surface area contributed by atoms with Gasteiger partial charge < -0.3 is 15.5 Å². The van der Waals surface area contributed by atoms with Gasteiger partial charge in [0.15, 0.2) is 0 Å². The number of anilines is 1. The number of carbonyl (C=O) groups excluding carboxylic acids is 1. The van der Waals surface area contributed by atoms with Gasteiger partial charge in [-0.1, -0.05) is 0 Å². The third kappa shape index (κ3) is 2.27. The van der Waals surface area contributed by atoms with E-state index in [9.17, 15) is 9.18 Å². The molecule has 1 unspecified atom stereocenters. The molecule has 1 heterocycles. The van der Waals surface area contributed by atoms with Gasteiger partial charge in [-0.3, -0.25) is 4.79 Å². The van der Waals surface area contributed by atoms with Gasteiger partial charge in [0.2, 0.25) is 0 Å². The second-order valence-electron chi connectivity index (χ2n) is 4.95. The number of nitrogens with one attached hydrogen (secondary N) is 1. The maximum atomic E-state index is 13.2. The highest BCUT2D eigenvalue weighted by atomic mass is 19.1. The molecule has 0 saturated carbocycles. The Kier molecular flexibility index (Phi) is 3.18. The monoisotopic (exact) mass is 274 g/mol. The van der Waals surface area contributed by atoms with Crippen LogP contribution < -0.4 is 11.1 Å². The fourth-order valence-electron chi connectivity index (χ4n) is 2.60. The summed E-state index contributed by atoms with van der Waals surface area (Å²) in [6, 6.07) is 5.56. The van der Waals surface area contributed by atoms with Gasteiger partial charge in [-0.15, -0.1) is 0 Å². The van der Waals surface area contributed by atoms with Crippen LogP contribution in [0.4, 0.5) is 10.1 Å². The van der Waals surface area contributed by atoms with Crippen LogP contribution in [0.5, 0.6) is 0 Å². The lowest BCUT2D eigenvalue weighted by molar-refractivity contribution is 0.0932. The van der Waals surface area contributed by atoms with E-state index >= 15 is 0 Å². The Morgan fingerprint density at radius 3 is 3.10 bits per heavy atom. The standard InChI is InChI=1S/C15H15FN2O2/c16-9-4-5-12(17)11(8-9)15(19)18-13-2-1-3-14-10(13)6-7-20-14/h4-8,13H,1-3,17H2,(H,18,19). The van der Waals surface area contributed by atoms with Gasteiger partial charge in [0.25, 0.3) is 5.91 Å². The summed E-state index contributed by atoms with van der Waals surface area (Å²) in [5.41, 5.74) is 7.16. The summed E-state index contributed by atoms with van der Waals surface area (Å²) >= 11 is 0. The second-order valence-corrected chi connectivity index (χ2v) is 4.95. The van der Waals surface area contributed by atoms with Crippen molar-refractivity contribution in [2.45, 2.75) is 25.3 Å². The van der Waals surface area contributed by atoms with Gasteiger partial charge in [0, 0.05) is 17.7 Å². The molecular formula is C15H15FN2O2. The third-order valence-corrected chi connectivity index (χ3v) is 3.62. The highest BCUT2D eigenvalue weighted by molar-refractivity contribution is 5.99. The third-order valence-electron chi connectivity index (χ3n) is 3.62. The normalized spacial score (nSPS) is 17.6. The molecule has 0 saturated heterocycles. The number of fused-ring (bicyclic) bond motifs is 1. The first-order valence-corrected chi connectivity index (χ1v) is 6.57. The van der Waals surface area contributed by atoms with E-state index in [1.54, 1.807) is 6.26 Å². The van der Waals surface area contributed by atoms with E-state index in [4.69, 9.17) is 10.2 Å². The Balaban J connectivity index is 1.82. The first-order valence-electron chi connectivity index (χ1n) is 6.57. The molecule has 0 spiro atoms. The molecular weight excluding hydrogens is 259 g/mol. The molecule has 1 amide bonds. The molecule has 0 aliphatic heterocycles. The zero-order chi connectivity index (χ0) is 14.1. The Morgan fingerprint density at radius 2 is 2.25 bits per heavy atom. The summed E-state index contributed by atoms with van der Waals surface area (Å²) in [6.07, 6.45) is 4.31. The first kappa shape index (κ1) is 12.7. The smallest absolute Gasteiger partial charge is 0.253 e. The van der Waals surface area contributed by atoms with Gasteiger partial charge >= 0.3 is 0 Å². The maximum absolute atomic E-state index is 13.2. The number of benzene rings is 1. The highest BCUT2D eigenvalue weighted by Gasteiger charge is 2.25. The van der Waals surface area contributed by atoms with Gasteiger partial charge in [-0.05, 0) is 37.1 Å². The summed E-state index contributed by atoms with van der Waals surface area (Å²) in [4.78, 5) is 12.2. The number of hydrogen-bond donors (Lipinski definition) is 2. The number of rotatable bonds is 2. The lowest BCUT2D eigenvalue weighted by Gasteiger charge is -2.23. The molecule has 5 heteroatoms. The minimum absolute atomic E-state index is 0.104. The van der Waals surface area contributed by atoms with E-state index < -0.39 is 5.82 Å². The Morgan fingerprint density at radius 1 is 1.40 bits per heavy atom. The van der Waals surface area contributed by atoms with Crippen molar-refractivity contribution in [2.24, 2.45) is 0 Å². The number of halogens is 1. The molecule has 0 fully saturated rings. The van der Waals surface area contributed by atoms with Crippen LogP contribution in [-0.4, -0.2) is 5.91 Å². The fraction of sp³-hybridized carbons (Fsp3) is 0.267. The van der Waals surface area contributed by atoms with Crippen molar-refractivity contribution in [1.29, 1.82) is 0 Å². The first-order chi connectivity index (χ1) is 9.65. The molecule has 1 aliphatic rings. The zero-order valence-corrected chi connectivity index (χ0v) is 10.9. The fourth-order valence-corrected chi connectivity index (χ4v) is 2.60. The molecule has 20 heavy (non-hydrogen) atoms. The maximum Gasteiger partial charge on any atom is 0.253 e. The summed E-state index contributed by atoms with van der Waals surface area (Å²) in [7, 11) is 0. The van der Waals surface area contributed by atoms with E-state index in [0.29, 0.717) is 0 Å². The van der Waals surface area contributed by atoms with Crippen molar-refractivity contribution in [3.63, 3.8) is 0 Å². The number of nitrogens with two attached hydrogens (primary N) is 1. The van der Waals surface area contributed by atoms with E-state index in [2.05, 4.69) is 5.32 Å². The van der Waals surface area contributed by atoms with Crippen molar-refractivity contribution < 1.29 is 13.6 Å². The average molecular weight is 274 g/mol. The minimum atomic E-state index is -0.475. The van der Waals surface area contributed by atoms with Gasteiger partial charge in [-0.25, -0.2) is 4.39 Å². The summed E-state index contributed by atoms with van der Waals surface area (Å²) in [5, 5.41) is 2.90. The van der Waals surface area contributed by atoms with Crippen molar-refractivity contribution in [3.8, 4) is 0 Å². The minimum Gasteiger partial charge on any atom is -0.469 e. The summed E-state index contributed by atoms with van der Waals surface area (Å²) < 4.78 is 18.6. The van der Waals surface area contributed by atoms with Crippen LogP contribution in [-0.2, 0) is 6.42 Å². The SMILES string of the molecule is Nc1ccc(F)cc1C(=O)NC1CCCc2occc21. The van der Waals surface area contributed by atoms with Crippen molar-refractivity contribution in [1.82, 2.24) is 5.32 Å². The highest BCUT2D eigenvalue weighted by Crippen LogP contribution is 2.30. The van der Waals surface area contributed by atoms with Crippen molar-refractivity contribution >= 4 is 11.6 Å². The lowest BCUT2D eigenvalue weighted by atomic mass is 9.93. The average Bonchev–Trinajstić information content (AvgIpc) is 2.91. The predicted molar refractivity (Wildman–Crippen MR) is 72.7 cm³/mol. The molecule has 1 atom stereocenters. The van der Waals surface area contributed by atoms with Crippen LogP contribution in [0.25, 0.3) is 0 Å². The molecule has 1 aromatic heterocycles. The van der Waals surface area contributed by atoms with Gasteiger partial charge in [0.05, 0.1) is 17.9 Å². The van der Waals surface area contributed by atoms with E-state index in [0.717, 1.165) is 36.7 Å². The number of furan rings is 1. The van der Waals surface area contributed by atoms with Crippen molar-refractivity contribution in [2.75, 3.05) is 5.73 Å². The topological polar surface area (TPSA) is 68.3 Å². The summed E-state index contributed by atoms with van der Waals surface area (Å²) in [5.74, 6) is 0.0757. The van der Waals surface area contributed by atoms with E-state index in [1.165, 1.54) is 12.1 Å². The molecule has 0 radical (unpaired) electrons. The molecule has 2 aromatic rings. The van der Waals surface area contributed by atoms with Crippen LogP contribution in [0.2, 0.25) is 0 Å². The van der Waals surface area contributed by atoms with Crippen LogP contribution >= 0.6 is 0 Å². The predicted octanol–water partition coefficient (Wildman–Crippen LogP) is 2.81. The molecule has 0 bridgehead atoms.